The molecule has 2 aromatic carbocycles. The number of benzene rings is 2. The van der Waals surface area contributed by atoms with E-state index in [1.807, 2.05) is 0 Å². The van der Waals surface area contributed by atoms with Crippen molar-refractivity contribution in [3.8, 4) is 11.5 Å². The van der Waals surface area contributed by atoms with Gasteiger partial charge in [-0.25, -0.2) is 22.0 Å². The highest BCUT2D eigenvalue weighted by Gasteiger charge is 2.29. The van der Waals surface area contributed by atoms with Gasteiger partial charge in [0.2, 0.25) is 18.9 Å². The molecule has 128 valence electrons. The Kier molecular flexibility index (Phi) is 4.95. The Bertz CT molecular complexity index is 782. The molecular formula is C14H8BF7O2. The van der Waals surface area contributed by atoms with Gasteiger partial charge in [0.15, 0.2) is 40.6 Å². The van der Waals surface area contributed by atoms with Crippen molar-refractivity contribution in [2.75, 3.05) is 14.2 Å². The van der Waals surface area contributed by atoms with Crippen molar-refractivity contribution in [1.82, 2.24) is 0 Å². The van der Waals surface area contributed by atoms with Gasteiger partial charge in [-0.3, -0.25) is 0 Å². The van der Waals surface area contributed by atoms with Crippen LogP contribution in [-0.2, 0) is 0 Å². The fourth-order valence-electron chi connectivity index (χ4n) is 2.17. The predicted octanol–water partition coefficient (Wildman–Crippen LogP) is 2.06. The molecule has 0 aromatic heterocycles. The lowest BCUT2D eigenvalue weighted by molar-refractivity contribution is 0.335. The number of hydrogen-bond donors (Lipinski definition) is 0. The third-order valence-electron chi connectivity index (χ3n) is 3.29. The third kappa shape index (κ3) is 2.76. The highest BCUT2D eigenvalue weighted by Crippen LogP contribution is 2.25. The Labute approximate surface area is 132 Å². The highest BCUT2D eigenvalue weighted by molar-refractivity contribution is 6.68. The van der Waals surface area contributed by atoms with E-state index in [-0.39, 0.29) is 6.07 Å². The summed E-state index contributed by atoms with van der Waals surface area (Å²) in [5.74, 6) is -14.3. The van der Waals surface area contributed by atoms with Crippen molar-refractivity contribution in [3.05, 3.63) is 46.8 Å². The van der Waals surface area contributed by atoms with Crippen molar-refractivity contribution < 1.29 is 40.2 Å². The van der Waals surface area contributed by atoms with Gasteiger partial charge in [0.05, 0.1) is 14.2 Å². The molecule has 0 aliphatic heterocycles. The monoisotopic (exact) mass is 352 g/mol. The zero-order chi connectivity index (χ0) is 18.2. The Morgan fingerprint density at radius 1 is 0.625 bits per heavy atom. The van der Waals surface area contributed by atoms with Crippen LogP contribution in [0.15, 0.2) is 6.07 Å². The van der Waals surface area contributed by atoms with Gasteiger partial charge in [-0.05, 0) is 5.46 Å². The van der Waals surface area contributed by atoms with Crippen molar-refractivity contribution in [2.24, 2.45) is 0 Å². The lowest BCUT2D eigenvalue weighted by atomic mass is 9.62. The average Bonchev–Trinajstić information content (AvgIpc) is 2.54. The Morgan fingerprint density at radius 2 is 1.12 bits per heavy atom. The summed E-state index contributed by atoms with van der Waals surface area (Å²) in [6.45, 7) is 0. The normalized spacial score (nSPS) is 10.7. The second-order valence-electron chi connectivity index (χ2n) is 4.61. The molecule has 24 heavy (non-hydrogen) atoms. The van der Waals surface area contributed by atoms with E-state index in [4.69, 9.17) is 0 Å². The van der Waals surface area contributed by atoms with Crippen LogP contribution in [0.4, 0.5) is 30.7 Å². The molecule has 2 rings (SSSR count). The molecule has 0 saturated heterocycles. The summed E-state index contributed by atoms with van der Waals surface area (Å²) in [5, 5.41) is 0. The first kappa shape index (κ1) is 18.0. The topological polar surface area (TPSA) is 18.5 Å². The van der Waals surface area contributed by atoms with E-state index in [9.17, 15) is 30.7 Å². The molecule has 0 amide bonds. The molecule has 0 unspecified atom stereocenters. The molecule has 10 heteroatoms. The fraction of sp³-hybridized carbons (Fsp3) is 0.143. The van der Waals surface area contributed by atoms with Gasteiger partial charge in [-0.1, -0.05) is 0 Å². The number of halogens is 7. The first-order valence-corrected chi connectivity index (χ1v) is 6.33. The molecule has 0 aliphatic rings. The van der Waals surface area contributed by atoms with Gasteiger partial charge in [0.25, 0.3) is 0 Å². The van der Waals surface area contributed by atoms with Crippen LogP contribution in [0.2, 0.25) is 0 Å². The molecule has 2 nitrogen and oxygen atoms in total. The molecule has 0 heterocycles. The molecule has 0 aliphatic carbocycles. The molecule has 0 spiro atoms. The van der Waals surface area contributed by atoms with E-state index in [1.54, 1.807) is 0 Å². The molecule has 0 saturated carbocycles. The number of rotatable bonds is 4. The Balaban J connectivity index is 2.70. The molecule has 0 fully saturated rings. The summed E-state index contributed by atoms with van der Waals surface area (Å²) in [6.07, 6.45) is 0. The van der Waals surface area contributed by atoms with Crippen molar-refractivity contribution in [3.63, 3.8) is 0 Å². The SMILES string of the molecule is COc1c(F)c(F)c(Bc2c(F)c(F)cc(F)c2OC)c(F)c1F. The van der Waals surface area contributed by atoms with E-state index >= 15 is 0 Å². The standard InChI is InChI=1S/C14H8BF7O2/c1-23-13-5(17)3-4(16)8(18)7(13)15-6-9(19)11(21)14(24-2)12(22)10(6)20/h3,15H,1-2H3. The van der Waals surface area contributed by atoms with Gasteiger partial charge in [0.1, 0.15) is 0 Å². The zero-order valence-corrected chi connectivity index (χ0v) is 12.2. The van der Waals surface area contributed by atoms with Crippen LogP contribution < -0.4 is 20.4 Å². The predicted molar refractivity (Wildman–Crippen MR) is 72.1 cm³/mol. The first-order chi connectivity index (χ1) is 11.2. The summed E-state index contributed by atoms with van der Waals surface area (Å²) in [7, 11) is 0.491. The van der Waals surface area contributed by atoms with E-state index < -0.39 is 70.4 Å². The summed E-state index contributed by atoms with van der Waals surface area (Å²) in [4.78, 5) is 0. The van der Waals surface area contributed by atoms with Crippen LogP contribution in [0.5, 0.6) is 11.5 Å². The highest BCUT2D eigenvalue weighted by atomic mass is 19.2. The first-order valence-electron chi connectivity index (χ1n) is 6.33. The van der Waals surface area contributed by atoms with Gasteiger partial charge in [0, 0.05) is 11.5 Å². The van der Waals surface area contributed by atoms with Gasteiger partial charge >= 0.3 is 0 Å². The molecule has 0 atom stereocenters. The molecule has 0 bridgehead atoms. The van der Waals surface area contributed by atoms with Crippen LogP contribution in [0.1, 0.15) is 0 Å². The molecule has 0 N–H and O–H groups in total. The second kappa shape index (κ2) is 6.62. The van der Waals surface area contributed by atoms with Gasteiger partial charge in [-0.2, -0.15) is 8.78 Å². The summed E-state index contributed by atoms with van der Waals surface area (Å²) < 4.78 is 105. The molecule has 2 aromatic rings. The van der Waals surface area contributed by atoms with Crippen LogP contribution in [0, 0.1) is 40.7 Å². The number of ether oxygens (including phenoxy) is 2. The van der Waals surface area contributed by atoms with E-state index in [1.165, 1.54) is 0 Å². The fourth-order valence-corrected chi connectivity index (χ4v) is 2.17. The molecular weight excluding hydrogens is 344 g/mol. The number of methoxy groups -OCH3 is 2. The summed E-state index contributed by atoms with van der Waals surface area (Å²) in [6, 6.07) is 0.166. The van der Waals surface area contributed by atoms with Crippen molar-refractivity contribution in [2.45, 2.75) is 0 Å². The Morgan fingerprint density at radius 3 is 1.58 bits per heavy atom. The van der Waals surface area contributed by atoms with Crippen molar-refractivity contribution in [1.29, 1.82) is 0 Å². The smallest absolute Gasteiger partial charge is 0.209 e. The zero-order valence-electron chi connectivity index (χ0n) is 12.2. The maximum atomic E-state index is 13.9. The maximum Gasteiger partial charge on any atom is 0.209 e. The maximum absolute atomic E-state index is 13.9. The third-order valence-corrected chi connectivity index (χ3v) is 3.29. The largest absolute Gasteiger partial charge is 0.494 e. The van der Waals surface area contributed by atoms with E-state index in [0.29, 0.717) is 0 Å². The van der Waals surface area contributed by atoms with Gasteiger partial charge < -0.3 is 9.47 Å². The van der Waals surface area contributed by atoms with Gasteiger partial charge in [-0.15, -0.1) is 0 Å². The van der Waals surface area contributed by atoms with Crippen LogP contribution in [-0.4, -0.2) is 21.5 Å². The second-order valence-corrected chi connectivity index (χ2v) is 4.61. The molecule has 0 radical (unpaired) electrons. The summed E-state index contributed by atoms with van der Waals surface area (Å²) >= 11 is 0. The number of hydrogen-bond acceptors (Lipinski definition) is 2. The lowest BCUT2D eigenvalue weighted by Gasteiger charge is -2.13. The minimum Gasteiger partial charge on any atom is -0.494 e. The van der Waals surface area contributed by atoms with Crippen LogP contribution in [0.3, 0.4) is 0 Å². The Hall–Kier alpha value is -2.39. The van der Waals surface area contributed by atoms with Crippen LogP contribution in [0.25, 0.3) is 0 Å². The quantitative estimate of drug-likeness (QED) is 0.477. The van der Waals surface area contributed by atoms with E-state index in [0.717, 1.165) is 14.2 Å². The minimum atomic E-state index is -1.88. The minimum absolute atomic E-state index is 0.166. The lowest BCUT2D eigenvalue weighted by Crippen LogP contribution is -2.37. The average molecular weight is 352 g/mol. The summed E-state index contributed by atoms with van der Waals surface area (Å²) in [5.41, 5.74) is -2.20. The van der Waals surface area contributed by atoms with Crippen LogP contribution >= 0.6 is 0 Å². The van der Waals surface area contributed by atoms with Crippen molar-refractivity contribution >= 4 is 18.2 Å². The van der Waals surface area contributed by atoms with E-state index in [2.05, 4.69) is 9.47 Å².